The van der Waals surface area contributed by atoms with Gasteiger partial charge in [-0.25, -0.2) is 4.79 Å². The first-order valence-electron chi connectivity index (χ1n) is 6.37. The van der Waals surface area contributed by atoms with Gasteiger partial charge < -0.3 is 15.2 Å². The number of hydrogen-bond donors (Lipinski definition) is 2. The largest absolute Gasteiger partial charge is 0.481 e. The van der Waals surface area contributed by atoms with E-state index in [1.165, 1.54) is 0 Å². The van der Waals surface area contributed by atoms with Crippen LogP contribution in [0.2, 0.25) is 0 Å². The molecule has 2 N–H and O–H groups in total. The lowest BCUT2D eigenvalue weighted by molar-refractivity contribution is -0.141. The summed E-state index contributed by atoms with van der Waals surface area (Å²) >= 11 is 0. The third kappa shape index (κ3) is 6.17. The molecule has 0 aliphatic heterocycles. The molecule has 0 aliphatic carbocycles. The number of amides is 1. The Morgan fingerprint density at radius 3 is 2.60 bits per heavy atom. The minimum Gasteiger partial charge on any atom is -0.481 e. The third-order valence-electron chi connectivity index (χ3n) is 2.42. The molecular formula is C14H20N2O4. The Balaban J connectivity index is 2.52. The molecule has 0 aliphatic rings. The summed E-state index contributed by atoms with van der Waals surface area (Å²) in [6.45, 7) is 5.24. The molecule has 1 aromatic heterocycles. The molecule has 0 aromatic carbocycles. The van der Waals surface area contributed by atoms with Gasteiger partial charge in [0.1, 0.15) is 5.60 Å². The standard InChI is InChI=1S/C14H20N2O4/c1-14(2,3)20-13(19)16-9-10(12(17)18)8-11-6-4-5-7-15-11/h4-7,10H,8-9H2,1-3H3,(H,16,19)(H,17,18). The van der Waals surface area contributed by atoms with E-state index in [0.717, 1.165) is 0 Å². The number of nitrogens with zero attached hydrogens (tertiary/aromatic N) is 1. The SMILES string of the molecule is CC(C)(C)OC(=O)NCC(Cc1ccccn1)C(=O)O. The lowest BCUT2D eigenvalue weighted by atomic mass is 10.0. The Morgan fingerprint density at radius 1 is 1.40 bits per heavy atom. The molecule has 1 atom stereocenters. The van der Waals surface area contributed by atoms with E-state index in [1.807, 2.05) is 0 Å². The molecule has 0 bridgehead atoms. The van der Waals surface area contributed by atoms with Crippen molar-refractivity contribution in [3.05, 3.63) is 30.1 Å². The number of carbonyl (C=O) groups excluding carboxylic acids is 1. The number of pyridine rings is 1. The summed E-state index contributed by atoms with van der Waals surface area (Å²) in [6.07, 6.45) is 1.24. The maximum Gasteiger partial charge on any atom is 0.407 e. The molecule has 1 amide bonds. The molecule has 0 saturated carbocycles. The Bertz CT molecular complexity index is 454. The van der Waals surface area contributed by atoms with E-state index in [1.54, 1.807) is 45.2 Å². The van der Waals surface area contributed by atoms with Crippen LogP contribution in [-0.4, -0.2) is 34.3 Å². The molecule has 0 radical (unpaired) electrons. The van der Waals surface area contributed by atoms with Gasteiger partial charge in [-0.1, -0.05) is 6.07 Å². The third-order valence-corrected chi connectivity index (χ3v) is 2.42. The van der Waals surface area contributed by atoms with E-state index in [9.17, 15) is 9.59 Å². The van der Waals surface area contributed by atoms with E-state index in [4.69, 9.17) is 9.84 Å². The molecule has 1 rings (SSSR count). The van der Waals surface area contributed by atoms with Crippen LogP contribution in [0.4, 0.5) is 4.79 Å². The average Bonchev–Trinajstić information content (AvgIpc) is 2.33. The summed E-state index contributed by atoms with van der Waals surface area (Å²) in [6, 6.07) is 5.31. The van der Waals surface area contributed by atoms with Gasteiger partial charge >= 0.3 is 12.1 Å². The van der Waals surface area contributed by atoms with Gasteiger partial charge in [0.2, 0.25) is 0 Å². The quantitative estimate of drug-likeness (QED) is 0.859. The van der Waals surface area contributed by atoms with Crippen molar-refractivity contribution in [1.82, 2.24) is 10.3 Å². The predicted molar refractivity (Wildman–Crippen MR) is 73.3 cm³/mol. The fourth-order valence-electron chi connectivity index (χ4n) is 1.54. The fourth-order valence-corrected chi connectivity index (χ4v) is 1.54. The van der Waals surface area contributed by atoms with Crippen molar-refractivity contribution >= 4 is 12.1 Å². The summed E-state index contributed by atoms with van der Waals surface area (Å²) in [5.41, 5.74) is 0.0648. The van der Waals surface area contributed by atoms with Gasteiger partial charge in [-0.3, -0.25) is 9.78 Å². The highest BCUT2D eigenvalue weighted by molar-refractivity contribution is 5.73. The van der Waals surface area contributed by atoms with Crippen molar-refractivity contribution < 1.29 is 19.4 Å². The summed E-state index contributed by atoms with van der Waals surface area (Å²) in [5.74, 6) is -1.72. The maximum atomic E-state index is 11.5. The van der Waals surface area contributed by atoms with Gasteiger partial charge in [-0.05, 0) is 32.9 Å². The average molecular weight is 280 g/mol. The first kappa shape index (κ1) is 15.9. The van der Waals surface area contributed by atoms with Crippen LogP contribution >= 0.6 is 0 Å². The van der Waals surface area contributed by atoms with Crippen LogP contribution < -0.4 is 5.32 Å². The van der Waals surface area contributed by atoms with Gasteiger partial charge in [-0.15, -0.1) is 0 Å². The molecule has 110 valence electrons. The number of aliphatic carboxylic acids is 1. The van der Waals surface area contributed by atoms with Crippen molar-refractivity contribution in [2.75, 3.05) is 6.54 Å². The highest BCUT2D eigenvalue weighted by atomic mass is 16.6. The van der Waals surface area contributed by atoms with Gasteiger partial charge in [0, 0.05) is 24.9 Å². The number of alkyl carbamates (subject to hydrolysis) is 1. The Kier molecular flexibility index (Phi) is 5.49. The molecular weight excluding hydrogens is 260 g/mol. The predicted octanol–water partition coefficient (Wildman–Crippen LogP) is 1.85. The molecule has 6 nitrogen and oxygen atoms in total. The lowest BCUT2D eigenvalue weighted by Gasteiger charge is -2.20. The number of carboxylic acids is 1. The zero-order chi connectivity index (χ0) is 15.2. The summed E-state index contributed by atoms with van der Waals surface area (Å²) in [4.78, 5) is 26.8. The van der Waals surface area contributed by atoms with E-state index in [-0.39, 0.29) is 13.0 Å². The lowest BCUT2D eigenvalue weighted by Crippen LogP contribution is -2.37. The summed E-state index contributed by atoms with van der Waals surface area (Å²) in [5, 5.41) is 11.6. The normalized spacial score (nSPS) is 12.6. The number of nitrogens with one attached hydrogen (secondary N) is 1. The number of rotatable bonds is 5. The second-order valence-corrected chi connectivity index (χ2v) is 5.44. The fraction of sp³-hybridized carbons (Fsp3) is 0.500. The second kappa shape index (κ2) is 6.88. The molecule has 0 spiro atoms. The Hall–Kier alpha value is -2.11. The van der Waals surface area contributed by atoms with Crippen LogP contribution in [0.5, 0.6) is 0 Å². The monoisotopic (exact) mass is 280 g/mol. The van der Waals surface area contributed by atoms with Crippen molar-refractivity contribution in [2.24, 2.45) is 5.92 Å². The smallest absolute Gasteiger partial charge is 0.407 e. The van der Waals surface area contributed by atoms with E-state index in [2.05, 4.69) is 10.3 Å². The van der Waals surface area contributed by atoms with Crippen LogP contribution in [0.25, 0.3) is 0 Å². The van der Waals surface area contributed by atoms with Gasteiger partial charge in [-0.2, -0.15) is 0 Å². The maximum absolute atomic E-state index is 11.5. The molecule has 1 unspecified atom stereocenters. The van der Waals surface area contributed by atoms with Crippen LogP contribution in [0.3, 0.4) is 0 Å². The first-order chi connectivity index (χ1) is 9.28. The number of aromatic nitrogens is 1. The molecule has 1 heterocycles. The number of hydrogen-bond acceptors (Lipinski definition) is 4. The van der Waals surface area contributed by atoms with E-state index in [0.29, 0.717) is 5.69 Å². The van der Waals surface area contributed by atoms with Crippen molar-refractivity contribution in [3.63, 3.8) is 0 Å². The first-order valence-corrected chi connectivity index (χ1v) is 6.37. The van der Waals surface area contributed by atoms with Gasteiger partial charge in [0.15, 0.2) is 0 Å². The van der Waals surface area contributed by atoms with Crippen molar-refractivity contribution in [3.8, 4) is 0 Å². The van der Waals surface area contributed by atoms with E-state index >= 15 is 0 Å². The number of carboxylic acid groups (broad SMARTS) is 1. The Morgan fingerprint density at radius 2 is 2.10 bits per heavy atom. The highest BCUT2D eigenvalue weighted by Crippen LogP contribution is 2.08. The van der Waals surface area contributed by atoms with Gasteiger partial charge in [0.25, 0.3) is 0 Å². The highest BCUT2D eigenvalue weighted by Gasteiger charge is 2.21. The summed E-state index contributed by atoms with van der Waals surface area (Å²) < 4.78 is 5.06. The zero-order valence-electron chi connectivity index (χ0n) is 11.9. The topological polar surface area (TPSA) is 88.5 Å². The van der Waals surface area contributed by atoms with Crippen molar-refractivity contribution in [1.29, 1.82) is 0 Å². The van der Waals surface area contributed by atoms with Crippen LogP contribution in [0.1, 0.15) is 26.5 Å². The van der Waals surface area contributed by atoms with Crippen LogP contribution in [0.15, 0.2) is 24.4 Å². The second-order valence-electron chi connectivity index (χ2n) is 5.44. The molecule has 1 aromatic rings. The van der Waals surface area contributed by atoms with Gasteiger partial charge in [0.05, 0.1) is 5.92 Å². The molecule has 0 saturated heterocycles. The number of ether oxygens (including phenoxy) is 1. The zero-order valence-corrected chi connectivity index (χ0v) is 11.9. The van der Waals surface area contributed by atoms with Crippen molar-refractivity contribution in [2.45, 2.75) is 32.8 Å². The van der Waals surface area contributed by atoms with Crippen LogP contribution in [0, 0.1) is 5.92 Å². The van der Waals surface area contributed by atoms with E-state index < -0.39 is 23.6 Å². The van der Waals surface area contributed by atoms with Crippen LogP contribution in [-0.2, 0) is 16.0 Å². The molecule has 6 heteroatoms. The summed E-state index contributed by atoms with van der Waals surface area (Å²) in [7, 11) is 0. The minimum absolute atomic E-state index is 0.000814. The molecule has 20 heavy (non-hydrogen) atoms. The minimum atomic E-state index is -0.980. The number of carbonyl (C=O) groups is 2. The Labute approximate surface area is 118 Å². The molecule has 0 fully saturated rings.